The Morgan fingerprint density at radius 1 is 1.13 bits per heavy atom. The highest BCUT2D eigenvalue weighted by atomic mass is 32.1. The van der Waals surface area contributed by atoms with Crippen molar-refractivity contribution in [3.05, 3.63) is 57.8 Å². The van der Waals surface area contributed by atoms with Gasteiger partial charge in [-0.1, -0.05) is 51.0 Å². The quantitative estimate of drug-likeness (QED) is 0.662. The molecule has 2 atom stereocenters. The Labute approximate surface area is 189 Å². The minimum atomic E-state index is -0.384. The van der Waals surface area contributed by atoms with E-state index in [4.69, 9.17) is 0 Å². The monoisotopic (exact) mass is 439 g/mol. The standard InChI is InChI=1S/C25H33N3O2S/c1-3-27(4-2)16-15-26-24(29)22-19-12-7-8-13-20(19)25(30)28(18-10-5-6-11-18)23(22)21-14-9-17-31-21/h7-9,12-14,17-18,22-23H,3-6,10-11,15-16H2,1-2H3,(H,26,29). The first-order chi connectivity index (χ1) is 15.2. The van der Waals surface area contributed by atoms with Gasteiger partial charge in [0, 0.05) is 29.6 Å². The summed E-state index contributed by atoms with van der Waals surface area (Å²) in [5.41, 5.74) is 1.55. The molecule has 1 aromatic carbocycles. The fraction of sp³-hybridized carbons (Fsp3) is 0.520. The fourth-order valence-corrected chi connectivity index (χ4v) is 6.03. The van der Waals surface area contributed by atoms with Crippen LogP contribution in [0, 0.1) is 0 Å². The number of benzene rings is 1. The molecule has 1 fully saturated rings. The van der Waals surface area contributed by atoms with Crippen LogP contribution < -0.4 is 5.32 Å². The van der Waals surface area contributed by atoms with Crippen LogP contribution in [0.2, 0.25) is 0 Å². The van der Waals surface area contributed by atoms with Crippen molar-refractivity contribution < 1.29 is 9.59 Å². The van der Waals surface area contributed by atoms with Gasteiger partial charge >= 0.3 is 0 Å². The summed E-state index contributed by atoms with van der Waals surface area (Å²) < 4.78 is 0. The van der Waals surface area contributed by atoms with E-state index in [-0.39, 0.29) is 29.8 Å². The lowest BCUT2D eigenvalue weighted by Crippen LogP contribution is -2.51. The molecule has 1 aromatic heterocycles. The number of amides is 2. The summed E-state index contributed by atoms with van der Waals surface area (Å²) in [6, 6.07) is 11.8. The lowest BCUT2D eigenvalue weighted by Gasteiger charge is -2.44. The molecule has 1 N–H and O–H groups in total. The van der Waals surface area contributed by atoms with Crippen molar-refractivity contribution in [3.8, 4) is 0 Å². The SMILES string of the molecule is CCN(CC)CCNC(=O)C1c2ccccc2C(=O)N(C2CCCC2)C1c1cccs1. The van der Waals surface area contributed by atoms with E-state index in [2.05, 4.69) is 35.0 Å². The first-order valence-corrected chi connectivity index (χ1v) is 12.5. The van der Waals surface area contributed by atoms with E-state index < -0.39 is 0 Å². The summed E-state index contributed by atoms with van der Waals surface area (Å²) in [4.78, 5) is 32.7. The predicted octanol–water partition coefficient (Wildman–Crippen LogP) is 4.43. The predicted molar refractivity (Wildman–Crippen MR) is 125 cm³/mol. The molecule has 0 saturated heterocycles. The van der Waals surface area contributed by atoms with Crippen LogP contribution >= 0.6 is 11.3 Å². The van der Waals surface area contributed by atoms with E-state index in [1.807, 2.05) is 35.7 Å². The Hall–Kier alpha value is -2.18. The average Bonchev–Trinajstić information content (AvgIpc) is 3.51. The maximum absolute atomic E-state index is 13.7. The van der Waals surface area contributed by atoms with E-state index in [1.54, 1.807) is 11.3 Å². The second-order valence-corrected chi connectivity index (χ2v) is 9.47. The van der Waals surface area contributed by atoms with E-state index in [0.717, 1.165) is 55.8 Å². The van der Waals surface area contributed by atoms with Crippen LogP contribution in [0.4, 0.5) is 0 Å². The number of likely N-dealkylation sites (N-methyl/N-ethyl adjacent to an activating group) is 1. The van der Waals surface area contributed by atoms with Crippen molar-refractivity contribution >= 4 is 23.2 Å². The minimum Gasteiger partial charge on any atom is -0.354 e. The molecule has 31 heavy (non-hydrogen) atoms. The number of thiophene rings is 1. The van der Waals surface area contributed by atoms with Crippen molar-refractivity contribution in [3.63, 3.8) is 0 Å². The largest absolute Gasteiger partial charge is 0.354 e. The third-order valence-corrected chi connectivity index (χ3v) is 7.78. The number of rotatable bonds is 8. The van der Waals surface area contributed by atoms with Gasteiger partial charge < -0.3 is 15.1 Å². The summed E-state index contributed by atoms with van der Waals surface area (Å²) in [6.07, 6.45) is 4.33. The van der Waals surface area contributed by atoms with Crippen molar-refractivity contribution in [2.45, 2.75) is 57.5 Å². The zero-order chi connectivity index (χ0) is 21.8. The highest BCUT2D eigenvalue weighted by molar-refractivity contribution is 7.10. The number of hydrogen-bond acceptors (Lipinski definition) is 4. The van der Waals surface area contributed by atoms with Crippen LogP contribution in [-0.4, -0.2) is 53.8 Å². The fourth-order valence-electron chi connectivity index (χ4n) is 5.17. The Bertz CT molecular complexity index is 888. The number of fused-ring (bicyclic) bond motifs is 1. The Morgan fingerprint density at radius 3 is 2.55 bits per heavy atom. The molecule has 2 unspecified atom stereocenters. The molecule has 1 aliphatic heterocycles. The summed E-state index contributed by atoms with van der Waals surface area (Å²) in [5.74, 6) is -0.286. The van der Waals surface area contributed by atoms with Crippen molar-refractivity contribution in [2.75, 3.05) is 26.2 Å². The molecule has 2 heterocycles. The molecular formula is C25H33N3O2S. The number of carbonyl (C=O) groups is 2. The maximum atomic E-state index is 13.7. The topological polar surface area (TPSA) is 52.7 Å². The lowest BCUT2D eigenvalue weighted by atomic mass is 9.80. The molecule has 166 valence electrons. The van der Waals surface area contributed by atoms with Gasteiger partial charge in [0.25, 0.3) is 5.91 Å². The van der Waals surface area contributed by atoms with Crippen LogP contribution in [-0.2, 0) is 4.79 Å². The highest BCUT2D eigenvalue weighted by Gasteiger charge is 2.47. The van der Waals surface area contributed by atoms with E-state index in [1.165, 1.54) is 0 Å². The van der Waals surface area contributed by atoms with Gasteiger partial charge in [-0.25, -0.2) is 0 Å². The van der Waals surface area contributed by atoms with Gasteiger partial charge in [0.2, 0.25) is 5.91 Å². The molecule has 1 aliphatic carbocycles. The molecule has 1 saturated carbocycles. The van der Waals surface area contributed by atoms with Crippen LogP contribution in [0.5, 0.6) is 0 Å². The molecular weight excluding hydrogens is 406 g/mol. The van der Waals surface area contributed by atoms with Crippen molar-refractivity contribution in [1.29, 1.82) is 0 Å². The maximum Gasteiger partial charge on any atom is 0.254 e. The molecule has 6 heteroatoms. The molecule has 0 bridgehead atoms. The first kappa shape index (κ1) is 22.0. The van der Waals surface area contributed by atoms with Crippen LogP contribution in [0.3, 0.4) is 0 Å². The number of carbonyl (C=O) groups excluding carboxylic acids is 2. The highest BCUT2D eigenvalue weighted by Crippen LogP contribution is 2.47. The third-order valence-electron chi connectivity index (χ3n) is 6.83. The summed E-state index contributed by atoms with van der Waals surface area (Å²) in [5, 5.41) is 5.24. The number of nitrogens with one attached hydrogen (secondary N) is 1. The zero-order valence-corrected chi connectivity index (χ0v) is 19.4. The average molecular weight is 440 g/mol. The minimum absolute atomic E-state index is 0.0218. The molecule has 0 spiro atoms. The van der Waals surface area contributed by atoms with Gasteiger partial charge in [-0.3, -0.25) is 9.59 Å². The van der Waals surface area contributed by atoms with Crippen molar-refractivity contribution in [1.82, 2.24) is 15.1 Å². The molecule has 2 aromatic rings. The van der Waals surface area contributed by atoms with Crippen LogP contribution in [0.15, 0.2) is 41.8 Å². The zero-order valence-electron chi connectivity index (χ0n) is 18.5. The Morgan fingerprint density at radius 2 is 1.87 bits per heavy atom. The lowest BCUT2D eigenvalue weighted by molar-refractivity contribution is -0.124. The summed E-state index contributed by atoms with van der Waals surface area (Å²) in [6.45, 7) is 7.68. The first-order valence-electron chi connectivity index (χ1n) is 11.6. The van der Waals surface area contributed by atoms with Gasteiger partial charge in [0.15, 0.2) is 0 Å². The van der Waals surface area contributed by atoms with Gasteiger partial charge in [-0.05, 0) is 49.0 Å². The second kappa shape index (κ2) is 9.96. The molecule has 4 rings (SSSR count). The number of hydrogen-bond donors (Lipinski definition) is 1. The van der Waals surface area contributed by atoms with Gasteiger partial charge in [-0.2, -0.15) is 0 Å². The molecule has 5 nitrogen and oxygen atoms in total. The third kappa shape index (κ3) is 4.41. The van der Waals surface area contributed by atoms with Gasteiger partial charge in [0.05, 0.1) is 12.0 Å². The molecule has 2 aliphatic rings. The smallest absolute Gasteiger partial charge is 0.254 e. The van der Waals surface area contributed by atoms with Gasteiger partial charge in [0.1, 0.15) is 0 Å². The number of nitrogens with zero attached hydrogens (tertiary/aromatic N) is 2. The van der Waals surface area contributed by atoms with Crippen LogP contribution in [0.1, 0.15) is 72.3 Å². The van der Waals surface area contributed by atoms with E-state index in [9.17, 15) is 9.59 Å². The van der Waals surface area contributed by atoms with Gasteiger partial charge in [-0.15, -0.1) is 11.3 Å². The molecule has 2 amide bonds. The second-order valence-electron chi connectivity index (χ2n) is 8.49. The van der Waals surface area contributed by atoms with E-state index >= 15 is 0 Å². The Balaban J connectivity index is 1.69. The van der Waals surface area contributed by atoms with E-state index in [0.29, 0.717) is 12.1 Å². The molecule has 0 radical (unpaired) electrons. The normalized spacial score (nSPS) is 21.5. The van der Waals surface area contributed by atoms with Crippen LogP contribution in [0.25, 0.3) is 0 Å². The Kier molecular flexibility index (Phi) is 7.08. The van der Waals surface area contributed by atoms with Crippen molar-refractivity contribution in [2.24, 2.45) is 0 Å². The summed E-state index contributed by atoms with van der Waals surface area (Å²) >= 11 is 1.64. The summed E-state index contributed by atoms with van der Waals surface area (Å²) in [7, 11) is 0.